The lowest BCUT2D eigenvalue weighted by atomic mass is 10.0. The van der Waals surface area contributed by atoms with Gasteiger partial charge in [0, 0.05) is 17.0 Å². The molecule has 0 unspecified atom stereocenters. The van der Waals surface area contributed by atoms with Crippen molar-refractivity contribution in [1.82, 2.24) is 0 Å². The van der Waals surface area contributed by atoms with Crippen LogP contribution in [0.25, 0.3) is 11.0 Å². The summed E-state index contributed by atoms with van der Waals surface area (Å²) in [5, 5.41) is 0.860. The number of aryl methyl sites for hydroxylation is 1. The number of hydrogen-bond donors (Lipinski definition) is 0. The molecule has 2 aromatic carbocycles. The van der Waals surface area contributed by atoms with E-state index < -0.39 is 5.97 Å². The molecule has 0 saturated heterocycles. The Labute approximate surface area is 170 Å². The molecule has 0 fully saturated rings. The SMILES string of the molecule is CCCCCCc1c(C)c2ccc(OC(=O)c3ccc(OC)cc3)cc2oc1=O. The molecular formula is C24H26O5. The summed E-state index contributed by atoms with van der Waals surface area (Å²) in [7, 11) is 1.56. The fourth-order valence-electron chi connectivity index (χ4n) is 3.35. The number of fused-ring (bicyclic) bond motifs is 1. The van der Waals surface area contributed by atoms with Crippen LogP contribution in [0.4, 0.5) is 0 Å². The van der Waals surface area contributed by atoms with E-state index in [0.717, 1.165) is 42.2 Å². The first kappa shape index (κ1) is 20.6. The summed E-state index contributed by atoms with van der Waals surface area (Å²) in [4.78, 5) is 24.8. The Morgan fingerprint density at radius 2 is 1.72 bits per heavy atom. The van der Waals surface area contributed by atoms with Gasteiger partial charge in [-0.05, 0) is 61.7 Å². The van der Waals surface area contributed by atoms with Crippen molar-refractivity contribution >= 4 is 16.9 Å². The van der Waals surface area contributed by atoms with E-state index in [0.29, 0.717) is 22.6 Å². The minimum Gasteiger partial charge on any atom is -0.497 e. The molecule has 0 aliphatic carbocycles. The fraction of sp³-hybridized carbons (Fsp3) is 0.333. The maximum absolute atomic E-state index is 12.4. The van der Waals surface area contributed by atoms with E-state index >= 15 is 0 Å². The average Bonchev–Trinajstić information content (AvgIpc) is 2.73. The van der Waals surface area contributed by atoms with Gasteiger partial charge >= 0.3 is 11.6 Å². The number of ether oxygens (including phenoxy) is 2. The van der Waals surface area contributed by atoms with Crippen LogP contribution in [-0.2, 0) is 6.42 Å². The predicted molar refractivity (Wildman–Crippen MR) is 113 cm³/mol. The molecule has 152 valence electrons. The third-order valence-electron chi connectivity index (χ3n) is 5.08. The molecule has 1 aromatic heterocycles. The third-order valence-corrected chi connectivity index (χ3v) is 5.08. The zero-order valence-electron chi connectivity index (χ0n) is 17.1. The van der Waals surface area contributed by atoms with E-state index in [2.05, 4.69) is 6.92 Å². The molecule has 0 spiro atoms. The normalized spacial score (nSPS) is 10.9. The predicted octanol–water partition coefficient (Wildman–Crippen LogP) is 5.45. The van der Waals surface area contributed by atoms with Crippen LogP contribution in [0, 0.1) is 6.92 Å². The van der Waals surface area contributed by atoms with E-state index in [4.69, 9.17) is 13.9 Å². The highest BCUT2D eigenvalue weighted by molar-refractivity contribution is 5.92. The highest BCUT2D eigenvalue weighted by Gasteiger charge is 2.14. The molecule has 1 heterocycles. The molecule has 29 heavy (non-hydrogen) atoms. The Kier molecular flexibility index (Phi) is 6.70. The van der Waals surface area contributed by atoms with Gasteiger partial charge in [0.25, 0.3) is 0 Å². The Balaban J connectivity index is 1.80. The van der Waals surface area contributed by atoms with Crippen molar-refractivity contribution in [3.8, 4) is 11.5 Å². The van der Waals surface area contributed by atoms with Crippen molar-refractivity contribution in [3.63, 3.8) is 0 Å². The Morgan fingerprint density at radius 3 is 2.41 bits per heavy atom. The van der Waals surface area contributed by atoms with Crippen molar-refractivity contribution in [2.75, 3.05) is 7.11 Å². The molecule has 0 bridgehead atoms. The molecule has 0 aliphatic heterocycles. The molecule has 0 amide bonds. The van der Waals surface area contributed by atoms with Gasteiger partial charge in [0.15, 0.2) is 0 Å². The minimum absolute atomic E-state index is 0.315. The lowest BCUT2D eigenvalue weighted by Crippen LogP contribution is -2.11. The molecule has 3 rings (SSSR count). The summed E-state index contributed by atoms with van der Waals surface area (Å²) in [5.74, 6) is 0.505. The van der Waals surface area contributed by atoms with Gasteiger partial charge in [-0.3, -0.25) is 0 Å². The van der Waals surface area contributed by atoms with E-state index in [1.165, 1.54) is 6.42 Å². The number of carbonyl (C=O) groups is 1. The number of hydrogen-bond acceptors (Lipinski definition) is 5. The number of esters is 1. The van der Waals surface area contributed by atoms with Gasteiger partial charge < -0.3 is 13.9 Å². The van der Waals surface area contributed by atoms with Crippen LogP contribution in [-0.4, -0.2) is 13.1 Å². The molecule has 5 heteroatoms. The zero-order valence-corrected chi connectivity index (χ0v) is 17.1. The average molecular weight is 394 g/mol. The minimum atomic E-state index is -0.487. The highest BCUT2D eigenvalue weighted by Crippen LogP contribution is 2.25. The quantitative estimate of drug-likeness (QED) is 0.220. The van der Waals surface area contributed by atoms with Crippen LogP contribution in [0.15, 0.2) is 51.7 Å². The van der Waals surface area contributed by atoms with E-state index in [1.807, 2.05) is 13.0 Å². The van der Waals surface area contributed by atoms with Crippen LogP contribution in [0.1, 0.15) is 54.1 Å². The van der Waals surface area contributed by atoms with Gasteiger partial charge in [-0.15, -0.1) is 0 Å². The lowest BCUT2D eigenvalue weighted by Gasteiger charge is -2.10. The van der Waals surface area contributed by atoms with Gasteiger partial charge in [0.1, 0.15) is 17.1 Å². The number of methoxy groups -OCH3 is 1. The standard InChI is InChI=1S/C24H26O5/c1-4-5-6-7-8-21-16(2)20-14-13-19(15-22(20)29-24(21)26)28-23(25)17-9-11-18(27-3)12-10-17/h9-15H,4-8H2,1-3H3. The van der Waals surface area contributed by atoms with Crippen LogP contribution in [0.2, 0.25) is 0 Å². The summed E-state index contributed by atoms with van der Waals surface area (Å²) in [6.45, 7) is 4.10. The van der Waals surface area contributed by atoms with Gasteiger partial charge in [-0.1, -0.05) is 26.2 Å². The van der Waals surface area contributed by atoms with Crippen molar-refractivity contribution < 1.29 is 18.7 Å². The van der Waals surface area contributed by atoms with E-state index in [9.17, 15) is 9.59 Å². The van der Waals surface area contributed by atoms with Crippen LogP contribution < -0.4 is 15.1 Å². The van der Waals surface area contributed by atoms with Gasteiger partial charge in [-0.25, -0.2) is 9.59 Å². The van der Waals surface area contributed by atoms with Crippen LogP contribution in [0.3, 0.4) is 0 Å². The Bertz CT molecular complexity index is 1050. The van der Waals surface area contributed by atoms with Crippen LogP contribution in [0.5, 0.6) is 11.5 Å². The molecule has 0 saturated carbocycles. The molecule has 0 radical (unpaired) electrons. The summed E-state index contributed by atoms with van der Waals surface area (Å²) < 4.78 is 16.1. The van der Waals surface area contributed by atoms with Crippen LogP contribution >= 0.6 is 0 Å². The number of rotatable bonds is 8. The molecular weight excluding hydrogens is 368 g/mol. The third kappa shape index (κ3) is 4.86. The van der Waals surface area contributed by atoms with Gasteiger partial charge in [-0.2, -0.15) is 0 Å². The number of benzene rings is 2. The smallest absolute Gasteiger partial charge is 0.343 e. The zero-order chi connectivity index (χ0) is 20.8. The maximum atomic E-state index is 12.4. The van der Waals surface area contributed by atoms with E-state index in [1.54, 1.807) is 43.5 Å². The van der Waals surface area contributed by atoms with Crippen molar-refractivity contribution in [2.24, 2.45) is 0 Å². The van der Waals surface area contributed by atoms with E-state index in [-0.39, 0.29) is 5.63 Å². The number of carbonyl (C=O) groups excluding carboxylic acids is 1. The molecule has 0 N–H and O–H groups in total. The Hall–Kier alpha value is -3.08. The first-order valence-corrected chi connectivity index (χ1v) is 9.96. The molecule has 0 atom stereocenters. The largest absolute Gasteiger partial charge is 0.497 e. The molecule has 3 aromatic rings. The molecule has 0 aliphatic rings. The monoisotopic (exact) mass is 394 g/mol. The summed E-state index contributed by atoms with van der Waals surface area (Å²) in [6.07, 6.45) is 5.12. The fourth-order valence-corrected chi connectivity index (χ4v) is 3.35. The second-order valence-electron chi connectivity index (χ2n) is 7.08. The Morgan fingerprint density at radius 1 is 1.00 bits per heavy atom. The summed E-state index contributed by atoms with van der Waals surface area (Å²) >= 11 is 0. The van der Waals surface area contributed by atoms with Gasteiger partial charge in [0.05, 0.1) is 12.7 Å². The maximum Gasteiger partial charge on any atom is 0.343 e. The van der Waals surface area contributed by atoms with Crippen molar-refractivity contribution in [1.29, 1.82) is 0 Å². The summed E-state index contributed by atoms with van der Waals surface area (Å²) in [6, 6.07) is 11.8. The first-order valence-electron chi connectivity index (χ1n) is 9.96. The second-order valence-corrected chi connectivity index (χ2v) is 7.08. The van der Waals surface area contributed by atoms with Gasteiger partial charge in [0.2, 0.25) is 0 Å². The number of unbranched alkanes of at least 4 members (excludes halogenated alkanes) is 3. The highest BCUT2D eigenvalue weighted by atomic mass is 16.5. The topological polar surface area (TPSA) is 65.7 Å². The van der Waals surface area contributed by atoms with Crippen molar-refractivity contribution in [2.45, 2.75) is 46.0 Å². The summed E-state index contributed by atoms with van der Waals surface area (Å²) in [5.41, 5.74) is 2.18. The van der Waals surface area contributed by atoms with Crippen molar-refractivity contribution in [3.05, 3.63) is 69.6 Å². The first-order chi connectivity index (χ1) is 14.0. The lowest BCUT2D eigenvalue weighted by molar-refractivity contribution is 0.0735. The second kappa shape index (κ2) is 9.41. The molecule has 5 nitrogen and oxygen atoms in total.